The van der Waals surface area contributed by atoms with E-state index in [-0.39, 0.29) is 24.9 Å². The molecule has 0 saturated carbocycles. The largest absolute Gasteiger partial charge is 0.340 e. The van der Waals surface area contributed by atoms with E-state index in [2.05, 4.69) is 6.92 Å². The van der Waals surface area contributed by atoms with E-state index in [1.165, 1.54) is 10.6 Å². The molecule has 140 valence electrons. The van der Waals surface area contributed by atoms with Gasteiger partial charge in [-0.2, -0.15) is 0 Å². The summed E-state index contributed by atoms with van der Waals surface area (Å²) in [6, 6.07) is 5.38. The third-order valence-corrected chi connectivity index (χ3v) is 6.19. The summed E-state index contributed by atoms with van der Waals surface area (Å²) in [6.45, 7) is 4.83. The molecule has 0 bridgehead atoms. The predicted octanol–water partition coefficient (Wildman–Crippen LogP) is 3.60. The topological polar surface area (TPSA) is 57.7 Å². The van der Waals surface area contributed by atoms with Gasteiger partial charge in [0, 0.05) is 30.6 Å². The average molecular weight is 387 g/mol. The van der Waals surface area contributed by atoms with Gasteiger partial charge in [-0.25, -0.2) is 8.42 Å². The number of aryl methyl sites for hydroxylation is 1. The lowest BCUT2D eigenvalue weighted by atomic mass is 9.99. The van der Waals surface area contributed by atoms with Crippen molar-refractivity contribution in [2.75, 3.05) is 23.7 Å². The molecule has 1 aliphatic heterocycles. The second-order valence-electron chi connectivity index (χ2n) is 6.66. The highest BCUT2D eigenvalue weighted by molar-refractivity contribution is 7.92. The quantitative estimate of drug-likeness (QED) is 0.750. The van der Waals surface area contributed by atoms with Crippen molar-refractivity contribution in [2.45, 2.75) is 52.0 Å². The molecule has 1 saturated heterocycles. The Kier molecular flexibility index (Phi) is 6.74. The van der Waals surface area contributed by atoms with Crippen molar-refractivity contribution in [2.24, 2.45) is 0 Å². The summed E-state index contributed by atoms with van der Waals surface area (Å²) in [5, 5.41) is 0.560. The first-order valence-corrected chi connectivity index (χ1v) is 11.0. The minimum atomic E-state index is -3.48. The fraction of sp³-hybridized carbons (Fsp3) is 0.611. The van der Waals surface area contributed by atoms with Crippen LogP contribution in [0, 0.1) is 6.92 Å². The van der Waals surface area contributed by atoms with Gasteiger partial charge < -0.3 is 4.90 Å². The van der Waals surface area contributed by atoms with Crippen molar-refractivity contribution in [1.82, 2.24) is 4.90 Å². The van der Waals surface area contributed by atoms with E-state index in [9.17, 15) is 13.2 Å². The number of likely N-dealkylation sites (tertiary alicyclic amines) is 1. The molecule has 0 aliphatic carbocycles. The second-order valence-corrected chi connectivity index (χ2v) is 9.00. The highest BCUT2D eigenvalue weighted by Gasteiger charge is 2.27. The van der Waals surface area contributed by atoms with Crippen LogP contribution in [-0.2, 0) is 14.8 Å². The van der Waals surface area contributed by atoms with E-state index >= 15 is 0 Å². The van der Waals surface area contributed by atoms with Crippen molar-refractivity contribution in [1.29, 1.82) is 0 Å². The molecule has 7 heteroatoms. The second kappa shape index (κ2) is 8.41. The lowest BCUT2D eigenvalue weighted by Crippen LogP contribution is -2.45. The number of hydrogen-bond acceptors (Lipinski definition) is 3. The fourth-order valence-corrected chi connectivity index (χ4v) is 4.67. The zero-order valence-corrected chi connectivity index (χ0v) is 16.7. The van der Waals surface area contributed by atoms with Crippen molar-refractivity contribution < 1.29 is 13.2 Å². The maximum atomic E-state index is 12.7. The first kappa shape index (κ1) is 20.0. The van der Waals surface area contributed by atoms with Crippen LogP contribution in [0.2, 0.25) is 5.02 Å². The van der Waals surface area contributed by atoms with Gasteiger partial charge in [-0.1, -0.05) is 18.5 Å². The van der Waals surface area contributed by atoms with Crippen molar-refractivity contribution >= 4 is 33.2 Å². The smallest absolute Gasteiger partial charge is 0.232 e. The van der Waals surface area contributed by atoms with Gasteiger partial charge in [0.05, 0.1) is 11.9 Å². The van der Waals surface area contributed by atoms with Crippen LogP contribution in [0.1, 0.15) is 44.6 Å². The molecule has 1 unspecified atom stereocenters. The summed E-state index contributed by atoms with van der Waals surface area (Å²) in [5.41, 5.74) is 1.35. The first-order chi connectivity index (χ1) is 11.7. The molecule has 1 atom stereocenters. The van der Waals surface area contributed by atoms with Gasteiger partial charge >= 0.3 is 0 Å². The predicted molar refractivity (Wildman–Crippen MR) is 103 cm³/mol. The molecule has 1 aromatic rings. The number of carbonyl (C=O) groups excluding carboxylic acids is 1. The first-order valence-electron chi connectivity index (χ1n) is 8.77. The van der Waals surface area contributed by atoms with Crippen molar-refractivity contribution in [3.05, 3.63) is 28.8 Å². The molecule has 25 heavy (non-hydrogen) atoms. The summed E-state index contributed by atoms with van der Waals surface area (Å²) in [4.78, 5) is 14.6. The Hall–Kier alpha value is -1.27. The van der Waals surface area contributed by atoms with Crippen LogP contribution in [0.4, 0.5) is 5.69 Å². The molecule has 0 spiro atoms. The molecule has 0 N–H and O–H groups in total. The van der Waals surface area contributed by atoms with Gasteiger partial charge in [-0.15, -0.1) is 0 Å². The minimum Gasteiger partial charge on any atom is -0.340 e. The van der Waals surface area contributed by atoms with Gasteiger partial charge in [0.15, 0.2) is 0 Å². The number of nitrogens with zero attached hydrogens (tertiary/aromatic N) is 2. The normalized spacial score (nSPS) is 18.2. The van der Waals surface area contributed by atoms with Crippen LogP contribution < -0.4 is 4.31 Å². The molecular weight excluding hydrogens is 360 g/mol. The van der Waals surface area contributed by atoms with Gasteiger partial charge in [-0.05, 0) is 56.4 Å². The van der Waals surface area contributed by atoms with Gasteiger partial charge in [-0.3, -0.25) is 9.10 Å². The average Bonchev–Trinajstić information content (AvgIpc) is 2.55. The van der Waals surface area contributed by atoms with E-state index in [1.807, 2.05) is 11.8 Å². The monoisotopic (exact) mass is 386 g/mol. The van der Waals surface area contributed by atoms with E-state index in [0.29, 0.717) is 10.7 Å². The summed E-state index contributed by atoms with van der Waals surface area (Å²) < 4.78 is 25.8. The molecule has 5 nitrogen and oxygen atoms in total. The number of hydrogen-bond donors (Lipinski definition) is 0. The maximum absolute atomic E-state index is 12.7. The Bertz CT molecular complexity index is 721. The molecule has 1 amide bonds. The van der Waals surface area contributed by atoms with Crippen LogP contribution in [0.25, 0.3) is 0 Å². The number of benzene rings is 1. The molecular formula is C18H27ClN2O3S. The van der Waals surface area contributed by atoms with Crippen LogP contribution in [0.3, 0.4) is 0 Å². The molecule has 0 aromatic heterocycles. The third-order valence-electron chi connectivity index (χ3n) is 4.78. The minimum absolute atomic E-state index is 0.0341. The number of rotatable bonds is 6. The summed E-state index contributed by atoms with van der Waals surface area (Å²) in [5.74, 6) is 0.0341. The highest BCUT2D eigenvalue weighted by Crippen LogP contribution is 2.26. The maximum Gasteiger partial charge on any atom is 0.232 e. The Morgan fingerprint density at radius 3 is 2.68 bits per heavy atom. The van der Waals surface area contributed by atoms with Crippen LogP contribution in [-0.4, -0.2) is 44.6 Å². The summed E-state index contributed by atoms with van der Waals surface area (Å²) >= 11 is 5.97. The Morgan fingerprint density at radius 2 is 2.08 bits per heavy atom. The van der Waals surface area contributed by atoms with Crippen LogP contribution in [0.15, 0.2) is 18.2 Å². The van der Waals surface area contributed by atoms with E-state index < -0.39 is 10.0 Å². The lowest BCUT2D eigenvalue weighted by molar-refractivity contribution is -0.134. The van der Waals surface area contributed by atoms with Crippen LogP contribution in [0.5, 0.6) is 0 Å². The van der Waals surface area contributed by atoms with Gasteiger partial charge in [0.25, 0.3) is 0 Å². The molecule has 1 aliphatic rings. The Balaban J connectivity index is 2.14. The number of anilines is 1. The molecule has 2 rings (SSSR count). The molecule has 0 radical (unpaired) electrons. The fourth-order valence-electron chi connectivity index (χ4n) is 3.46. The number of carbonyl (C=O) groups is 1. The van der Waals surface area contributed by atoms with E-state index in [0.717, 1.165) is 37.8 Å². The molecule has 1 aromatic carbocycles. The lowest BCUT2D eigenvalue weighted by Gasteiger charge is -2.36. The highest BCUT2D eigenvalue weighted by atomic mass is 35.5. The molecule has 1 fully saturated rings. The van der Waals surface area contributed by atoms with Gasteiger partial charge in [0.2, 0.25) is 15.9 Å². The Morgan fingerprint density at radius 1 is 1.36 bits per heavy atom. The van der Waals surface area contributed by atoms with Crippen LogP contribution >= 0.6 is 11.6 Å². The number of sulfonamides is 1. The Labute approximate surface area is 156 Å². The molecule has 1 heterocycles. The zero-order chi connectivity index (χ0) is 18.6. The summed E-state index contributed by atoms with van der Waals surface area (Å²) in [6.07, 6.45) is 5.51. The number of piperidine rings is 1. The zero-order valence-electron chi connectivity index (χ0n) is 15.2. The van der Waals surface area contributed by atoms with Crippen molar-refractivity contribution in [3.63, 3.8) is 0 Å². The van der Waals surface area contributed by atoms with E-state index in [1.54, 1.807) is 18.2 Å². The third kappa shape index (κ3) is 5.11. The number of halogens is 1. The number of amides is 1. The SMILES string of the molecule is CCC1CCCCN1C(=O)CCN(c1ccc(Cl)cc1C)S(C)(=O)=O. The van der Waals surface area contributed by atoms with E-state index in [4.69, 9.17) is 11.6 Å². The standard InChI is InChI=1S/C18H27ClN2O3S/c1-4-16-7-5-6-11-20(16)18(22)10-12-21(25(3,23)24)17-9-8-15(19)13-14(17)2/h8-9,13,16H,4-7,10-12H2,1-3H3. The summed E-state index contributed by atoms with van der Waals surface area (Å²) in [7, 11) is -3.48. The van der Waals surface area contributed by atoms with Gasteiger partial charge in [0.1, 0.15) is 0 Å². The van der Waals surface area contributed by atoms with Crippen molar-refractivity contribution in [3.8, 4) is 0 Å².